The molecule has 0 aromatic rings. The van der Waals surface area contributed by atoms with Crippen molar-refractivity contribution < 1.29 is 0 Å². The Balaban J connectivity index is 2.43. The number of hydrogen-bond acceptors (Lipinski definition) is 3. The maximum atomic E-state index is 3.34. The molecule has 1 saturated heterocycles. The molecular formula is C8H19N3. The Bertz CT molecular complexity index is 117. The summed E-state index contributed by atoms with van der Waals surface area (Å²) in [7, 11) is 2.02. The van der Waals surface area contributed by atoms with Gasteiger partial charge in [0, 0.05) is 26.2 Å². The summed E-state index contributed by atoms with van der Waals surface area (Å²) in [5.74, 6) is 0. The van der Waals surface area contributed by atoms with Crippen LogP contribution >= 0.6 is 0 Å². The minimum absolute atomic E-state index is 0.155. The third kappa shape index (κ3) is 2.15. The zero-order chi connectivity index (χ0) is 8.32. The van der Waals surface area contributed by atoms with Crippen LogP contribution in [0.2, 0.25) is 0 Å². The minimum atomic E-state index is 0.155. The molecule has 66 valence electrons. The molecule has 1 aliphatic heterocycles. The molecule has 11 heavy (non-hydrogen) atoms. The Morgan fingerprint density at radius 3 is 2.27 bits per heavy atom. The van der Waals surface area contributed by atoms with Gasteiger partial charge < -0.3 is 10.6 Å². The standard InChI is InChI=1S/C8H19N3/c1-8(2,9-3)11-6-4-10-5-7-11/h9-10H,4-7H2,1-3H3. The first-order chi connectivity index (χ1) is 5.17. The molecule has 3 heteroatoms. The fourth-order valence-electron chi connectivity index (χ4n) is 1.38. The van der Waals surface area contributed by atoms with E-state index in [-0.39, 0.29) is 5.66 Å². The van der Waals surface area contributed by atoms with Crippen LogP contribution in [0.4, 0.5) is 0 Å². The normalized spacial score (nSPS) is 22.1. The maximum absolute atomic E-state index is 3.34. The van der Waals surface area contributed by atoms with Crippen LogP contribution < -0.4 is 10.6 Å². The Kier molecular flexibility index (Phi) is 2.87. The lowest BCUT2D eigenvalue weighted by molar-refractivity contribution is 0.0808. The molecule has 0 amide bonds. The number of piperazine rings is 1. The summed E-state index contributed by atoms with van der Waals surface area (Å²) in [4.78, 5) is 2.46. The first-order valence-electron chi connectivity index (χ1n) is 4.31. The van der Waals surface area contributed by atoms with Gasteiger partial charge in [-0.2, -0.15) is 0 Å². The van der Waals surface area contributed by atoms with Crippen molar-refractivity contribution in [3.05, 3.63) is 0 Å². The summed E-state index contributed by atoms with van der Waals surface area (Å²) in [6.07, 6.45) is 0. The molecule has 0 aromatic carbocycles. The lowest BCUT2D eigenvalue weighted by Gasteiger charge is -2.40. The van der Waals surface area contributed by atoms with Crippen molar-refractivity contribution in [1.29, 1.82) is 0 Å². The molecule has 0 spiro atoms. The number of nitrogens with zero attached hydrogens (tertiary/aromatic N) is 1. The van der Waals surface area contributed by atoms with Gasteiger partial charge in [-0.15, -0.1) is 0 Å². The zero-order valence-electron chi connectivity index (χ0n) is 7.78. The summed E-state index contributed by atoms with van der Waals surface area (Å²) < 4.78 is 0. The Morgan fingerprint density at radius 2 is 1.82 bits per heavy atom. The van der Waals surface area contributed by atoms with Gasteiger partial charge in [0.1, 0.15) is 0 Å². The quantitative estimate of drug-likeness (QED) is 0.583. The summed E-state index contributed by atoms with van der Waals surface area (Å²) in [6.45, 7) is 8.97. The summed E-state index contributed by atoms with van der Waals surface area (Å²) in [6, 6.07) is 0. The van der Waals surface area contributed by atoms with E-state index in [0.717, 1.165) is 26.2 Å². The van der Waals surface area contributed by atoms with Gasteiger partial charge in [0.05, 0.1) is 5.66 Å². The van der Waals surface area contributed by atoms with Gasteiger partial charge in [0.2, 0.25) is 0 Å². The average molecular weight is 157 g/mol. The van der Waals surface area contributed by atoms with Crippen molar-refractivity contribution in [3.63, 3.8) is 0 Å². The van der Waals surface area contributed by atoms with Crippen molar-refractivity contribution in [1.82, 2.24) is 15.5 Å². The highest BCUT2D eigenvalue weighted by molar-refractivity contribution is 4.80. The van der Waals surface area contributed by atoms with E-state index >= 15 is 0 Å². The van der Waals surface area contributed by atoms with Crippen LogP contribution in [0.25, 0.3) is 0 Å². The molecule has 2 N–H and O–H groups in total. The molecule has 0 aliphatic carbocycles. The molecule has 0 aromatic heterocycles. The summed E-state index contributed by atoms with van der Waals surface area (Å²) >= 11 is 0. The van der Waals surface area contributed by atoms with Crippen molar-refractivity contribution in [2.45, 2.75) is 19.5 Å². The van der Waals surface area contributed by atoms with Crippen LogP contribution in [0, 0.1) is 0 Å². The molecule has 3 nitrogen and oxygen atoms in total. The van der Waals surface area contributed by atoms with Gasteiger partial charge in [-0.1, -0.05) is 0 Å². The fourth-order valence-corrected chi connectivity index (χ4v) is 1.38. The molecule has 1 aliphatic rings. The molecular weight excluding hydrogens is 138 g/mol. The van der Waals surface area contributed by atoms with Gasteiger partial charge in [-0.25, -0.2) is 0 Å². The van der Waals surface area contributed by atoms with E-state index in [1.165, 1.54) is 0 Å². The van der Waals surface area contributed by atoms with Crippen LogP contribution in [0.3, 0.4) is 0 Å². The third-order valence-electron chi connectivity index (χ3n) is 2.52. The highest BCUT2D eigenvalue weighted by atomic mass is 15.3. The minimum Gasteiger partial charge on any atom is -0.314 e. The van der Waals surface area contributed by atoms with Crippen LogP contribution in [-0.4, -0.2) is 43.8 Å². The number of nitrogens with one attached hydrogen (secondary N) is 2. The molecule has 0 bridgehead atoms. The Morgan fingerprint density at radius 1 is 1.27 bits per heavy atom. The van der Waals surface area contributed by atoms with Crippen LogP contribution in [0.15, 0.2) is 0 Å². The van der Waals surface area contributed by atoms with E-state index in [1.54, 1.807) is 0 Å². The summed E-state index contributed by atoms with van der Waals surface area (Å²) in [5.41, 5.74) is 0.155. The van der Waals surface area contributed by atoms with Gasteiger partial charge in [-0.3, -0.25) is 4.90 Å². The monoisotopic (exact) mass is 157 g/mol. The first kappa shape index (κ1) is 8.97. The van der Waals surface area contributed by atoms with Gasteiger partial charge in [-0.05, 0) is 20.9 Å². The van der Waals surface area contributed by atoms with E-state index in [0.29, 0.717) is 0 Å². The van der Waals surface area contributed by atoms with E-state index in [1.807, 2.05) is 7.05 Å². The first-order valence-corrected chi connectivity index (χ1v) is 4.31. The molecule has 0 radical (unpaired) electrons. The van der Waals surface area contributed by atoms with E-state index in [9.17, 15) is 0 Å². The van der Waals surface area contributed by atoms with E-state index < -0.39 is 0 Å². The van der Waals surface area contributed by atoms with Crippen molar-refractivity contribution in [2.24, 2.45) is 0 Å². The van der Waals surface area contributed by atoms with Gasteiger partial charge in [0.25, 0.3) is 0 Å². The van der Waals surface area contributed by atoms with Crippen molar-refractivity contribution in [2.75, 3.05) is 33.2 Å². The topological polar surface area (TPSA) is 27.3 Å². The van der Waals surface area contributed by atoms with E-state index in [4.69, 9.17) is 0 Å². The molecule has 0 saturated carbocycles. The SMILES string of the molecule is CNC(C)(C)N1CCNCC1. The van der Waals surface area contributed by atoms with Crippen LogP contribution in [-0.2, 0) is 0 Å². The average Bonchev–Trinajstić information content (AvgIpc) is 2.06. The van der Waals surface area contributed by atoms with Crippen molar-refractivity contribution in [3.8, 4) is 0 Å². The van der Waals surface area contributed by atoms with Crippen molar-refractivity contribution >= 4 is 0 Å². The highest BCUT2D eigenvalue weighted by Crippen LogP contribution is 2.09. The number of rotatable bonds is 2. The predicted octanol–water partition coefficient (Wildman–Crippen LogP) is -0.153. The molecule has 1 heterocycles. The van der Waals surface area contributed by atoms with Crippen LogP contribution in [0.5, 0.6) is 0 Å². The largest absolute Gasteiger partial charge is 0.314 e. The van der Waals surface area contributed by atoms with Crippen LogP contribution in [0.1, 0.15) is 13.8 Å². The second-order valence-electron chi connectivity index (χ2n) is 3.55. The molecule has 0 unspecified atom stereocenters. The Hall–Kier alpha value is -0.120. The zero-order valence-corrected chi connectivity index (χ0v) is 7.78. The lowest BCUT2D eigenvalue weighted by atomic mass is 10.2. The second-order valence-corrected chi connectivity index (χ2v) is 3.55. The molecule has 1 rings (SSSR count). The fraction of sp³-hybridized carbons (Fsp3) is 1.00. The molecule has 1 fully saturated rings. The van der Waals surface area contributed by atoms with Gasteiger partial charge in [0.15, 0.2) is 0 Å². The third-order valence-corrected chi connectivity index (χ3v) is 2.52. The lowest BCUT2D eigenvalue weighted by Crippen LogP contribution is -2.59. The summed E-state index contributed by atoms with van der Waals surface area (Å²) in [5, 5.41) is 6.65. The van der Waals surface area contributed by atoms with E-state index in [2.05, 4.69) is 29.4 Å². The highest BCUT2D eigenvalue weighted by Gasteiger charge is 2.25. The molecule has 0 atom stereocenters. The number of hydrogen-bond donors (Lipinski definition) is 2. The smallest absolute Gasteiger partial charge is 0.0652 e. The predicted molar refractivity (Wildman–Crippen MR) is 47.6 cm³/mol. The maximum Gasteiger partial charge on any atom is 0.0652 e. The second kappa shape index (κ2) is 3.52. The Labute approximate surface area is 69.1 Å². The van der Waals surface area contributed by atoms with Gasteiger partial charge >= 0.3 is 0 Å².